The zero-order valence-corrected chi connectivity index (χ0v) is 17.5. The molecule has 1 spiro atoms. The maximum atomic E-state index is 13.7. The van der Waals surface area contributed by atoms with Crippen LogP contribution in [0.1, 0.15) is 29.9 Å². The topological polar surface area (TPSA) is 54.9 Å². The van der Waals surface area contributed by atoms with Crippen LogP contribution in [-0.4, -0.2) is 66.2 Å². The molecule has 2 saturated heterocycles. The zero-order chi connectivity index (χ0) is 20.6. The minimum atomic E-state index is -0.817. The first-order chi connectivity index (χ1) is 14.7. The summed E-state index contributed by atoms with van der Waals surface area (Å²) in [4.78, 5) is 22.4. The second-order valence-corrected chi connectivity index (χ2v) is 8.79. The number of morpholine rings is 1. The normalized spacial score (nSPS) is 27.0. The summed E-state index contributed by atoms with van der Waals surface area (Å²) in [5.41, 5.74) is 1.47. The van der Waals surface area contributed by atoms with E-state index in [1.54, 1.807) is 13.3 Å². The van der Waals surface area contributed by atoms with Gasteiger partial charge in [0.1, 0.15) is 5.75 Å². The Balaban J connectivity index is 1.41. The Hall–Kier alpha value is -2.44. The Bertz CT molecular complexity index is 884. The third-order valence-corrected chi connectivity index (χ3v) is 6.66. The van der Waals surface area contributed by atoms with E-state index in [-0.39, 0.29) is 11.8 Å². The molecule has 1 aromatic heterocycles. The summed E-state index contributed by atoms with van der Waals surface area (Å²) in [6, 6.07) is 12.2. The summed E-state index contributed by atoms with van der Waals surface area (Å²) in [6.07, 6.45) is 6.16. The summed E-state index contributed by atoms with van der Waals surface area (Å²) in [6.45, 7) is 4.35. The van der Waals surface area contributed by atoms with Crippen molar-refractivity contribution < 1.29 is 14.3 Å². The lowest BCUT2D eigenvalue weighted by Crippen LogP contribution is -2.60. The van der Waals surface area contributed by atoms with Gasteiger partial charge >= 0.3 is 0 Å². The van der Waals surface area contributed by atoms with E-state index in [0.29, 0.717) is 25.6 Å². The van der Waals surface area contributed by atoms with Crippen LogP contribution in [0.15, 0.2) is 48.8 Å². The van der Waals surface area contributed by atoms with Crippen molar-refractivity contribution in [2.24, 2.45) is 5.92 Å². The van der Waals surface area contributed by atoms with Crippen molar-refractivity contribution >= 4 is 5.91 Å². The number of ether oxygens (including phenoxy) is 2. The summed E-state index contributed by atoms with van der Waals surface area (Å²) >= 11 is 0. The molecule has 1 aliphatic carbocycles. The molecule has 2 atom stereocenters. The number of rotatable bonds is 6. The van der Waals surface area contributed by atoms with Gasteiger partial charge in [0.2, 0.25) is 0 Å². The summed E-state index contributed by atoms with van der Waals surface area (Å²) in [5, 5.41) is 0. The van der Waals surface area contributed by atoms with Crippen molar-refractivity contribution in [2.45, 2.75) is 30.9 Å². The van der Waals surface area contributed by atoms with E-state index in [9.17, 15) is 4.79 Å². The average molecular weight is 408 g/mol. The quantitative estimate of drug-likeness (QED) is 0.737. The lowest BCUT2D eigenvalue weighted by molar-refractivity contribution is -0.172. The molecule has 0 N–H and O–H groups in total. The van der Waals surface area contributed by atoms with Gasteiger partial charge in [-0.2, -0.15) is 0 Å². The van der Waals surface area contributed by atoms with Crippen LogP contribution in [0.4, 0.5) is 0 Å². The third-order valence-electron chi connectivity index (χ3n) is 6.66. The average Bonchev–Trinajstić information content (AvgIpc) is 3.53. The third kappa shape index (κ3) is 3.70. The molecule has 2 aromatic rings. The molecule has 2 aliphatic heterocycles. The van der Waals surface area contributed by atoms with E-state index in [1.807, 2.05) is 24.4 Å². The number of hydrogen-bond donors (Lipinski definition) is 0. The molecule has 5 rings (SSSR count). The maximum absolute atomic E-state index is 13.7. The van der Waals surface area contributed by atoms with Crippen LogP contribution < -0.4 is 4.74 Å². The Kier molecular flexibility index (Phi) is 5.21. The monoisotopic (exact) mass is 407 g/mol. The first-order valence-corrected chi connectivity index (χ1v) is 10.9. The molecule has 3 fully saturated rings. The minimum Gasteiger partial charge on any atom is -0.497 e. The van der Waals surface area contributed by atoms with Gasteiger partial charge in [-0.25, -0.2) is 0 Å². The van der Waals surface area contributed by atoms with Crippen molar-refractivity contribution in [3.8, 4) is 5.75 Å². The number of methoxy groups -OCH3 is 1. The van der Waals surface area contributed by atoms with Gasteiger partial charge < -0.3 is 14.4 Å². The number of pyridine rings is 1. The van der Waals surface area contributed by atoms with Crippen molar-refractivity contribution in [3.63, 3.8) is 0 Å². The number of nitrogens with zero attached hydrogens (tertiary/aromatic N) is 3. The minimum absolute atomic E-state index is 0.0149. The summed E-state index contributed by atoms with van der Waals surface area (Å²) in [5.74, 6) is 1.68. The standard InChI is InChI=1S/C24H29N3O3/c1-29-21-8-6-18(7-9-21)14-26-16-22(20-3-2-10-25-13-20)24(17-26)23(28)27(11-12-30-24)15-19-4-5-19/h2-3,6-10,13,19,22H,4-5,11-12,14-17H2,1H3/t22-,24+/m0/s1. The molecule has 158 valence electrons. The number of likely N-dealkylation sites (tertiary alicyclic amines) is 1. The van der Waals surface area contributed by atoms with Crippen LogP contribution in [0.3, 0.4) is 0 Å². The predicted molar refractivity (Wildman–Crippen MR) is 113 cm³/mol. The molecular weight excluding hydrogens is 378 g/mol. The van der Waals surface area contributed by atoms with Crippen molar-refractivity contribution in [1.82, 2.24) is 14.8 Å². The van der Waals surface area contributed by atoms with Gasteiger partial charge in [0.05, 0.1) is 13.7 Å². The molecule has 6 heteroatoms. The van der Waals surface area contributed by atoms with Crippen LogP contribution in [0.5, 0.6) is 5.75 Å². The van der Waals surface area contributed by atoms with Crippen molar-refractivity contribution in [3.05, 3.63) is 59.9 Å². The predicted octanol–water partition coefficient (Wildman–Crippen LogP) is 2.70. The fourth-order valence-corrected chi connectivity index (χ4v) is 4.90. The van der Waals surface area contributed by atoms with Gasteiger partial charge in [0.15, 0.2) is 5.60 Å². The molecule has 3 aliphatic rings. The molecule has 1 saturated carbocycles. The molecule has 0 unspecified atom stereocenters. The largest absolute Gasteiger partial charge is 0.497 e. The zero-order valence-electron chi connectivity index (χ0n) is 17.5. The first-order valence-electron chi connectivity index (χ1n) is 10.9. The van der Waals surface area contributed by atoms with E-state index in [2.05, 4.69) is 33.0 Å². The van der Waals surface area contributed by atoms with Gasteiger partial charge in [-0.1, -0.05) is 18.2 Å². The van der Waals surface area contributed by atoms with Crippen LogP contribution in [0.2, 0.25) is 0 Å². The van der Waals surface area contributed by atoms with E-state index in [4.69, 9.17) is 9.47 Å². The highest BCUT2D eigenvalue weighted by Gasteiger charge is 2.57. The van der Waals surface area contributed by atoms with Crippen LogP contribution in [0.25, 0.3) is 0 Å². The Labute approximate surface area is 177 Å². The summed E-state index contributed by atoms with van der Waals surface area (Å²) in [7, 11) is 1.68. The highest BCUT2D eigenvalue weighted by molar-refractivity contribution is 5.88. The van der Waals surface area contributed by atoms with Gasteiger partial charge in [-0.3, -0.25) is 14.7 Å². The highest BCUT2D eigenvalue weighted by atomic mass is 16.5. The maximum Gasteiger partial charge on any atom is 0.256 e. The van der Waals surface area contributed by atoms with Crippen molar-refractivity contribution in [1.29, 1.82) is 0 Å². The van der Waals surface area contributed by atoms with Crippen molar-refractivity contribution in [2.75, 3.05) is 39.9 Å². The van der Waals surface area contributed by atoms with Gasteiger partial charge in [-0.15, -0.1) is 0 Å². The summed E-state index contributed by atoms with van der Waals surface area (Å²) < 4.78 is 11.6. The molecule has 1 amide bonds. The second-order valence-electron chi connectivity index (χ2n) is 8.79. The molecule has 30 heavy (non-hydrogen) atoms. The number of carbonyl (C=O) groups is 1. The van der Waals surface area contributed by atoms with E-state index < -0.39 is 5.60 Å². The van der Waals surface area contributed by atoms with Gasteiger partial charge in [0.25, 0.3) is 5.91 Å². The number of aromatic nitrogens is 1. The molecule has 3 heterocycles. The highest BCUT2D eigenvalue weighted by Crippen LogP contribution is 2.43. The Morgan fingerprint density at radius 2 is 2.07 bits per heavy atom. The van der Waals surface area contributed by atoms with E-state index in [0.717, 1.165) is 30.9 Å². The fraction of sp³-hybridized carbons (Fsp3) is 0.500. The van der Waals surface area contributed by atoms with Gasteiger partial charge in [0, 0.05) is 51.0 Å². The number of hydrogen-bond acceptors (Lipinski definition) is 5. The number of benzene rings is 1. The smallest absolute Gasteiger partial charge is 0.256 e. The SMILES string of the molecule is COc1ccc(CN2C[C@@H](c3cccnc3)[C@@]3(C2)OCCN(CC2CC2)C3=O)cc1. The second kappa shape index (κ2) is 8.00. The first kappa shape index (κ1) is 19.5. The molecule has 1 aromatic carbocycles. The van der Waals surface area contributed by atoms with Crippen LogP contribution in [-0.2, 0) is 16.1 Å². The van der Waals surface area contributed by atoms with E-state index in [1.165, 1.54) is 18.4 Å². The lowest BCUT2D eigenvalue weighted by atomic mass is 9.83. The van der Waals surface area contributed by atoms with Crippen LogP contribution >= 0.6 is 0 Å². The number of amides is 1. The fourth-order valence-electron chi connectivity index (χ4n) is 4.90. The molecular formula is C24H29N3O3. The van der Waals surface area contributed by atoms with Crippen LogP contribution in [0, 0.1) is 5.92 Å². The molecule has 0 bridgehead atoms. The molecule has 0 radical (unpaired) electrons. The lowest BCUT2D eigenvalue weighted by Gasteiger charge is -2.42. The Morgan fingerprint density at radius 3 is 2.77 bits per heavy atom. The number of carbonyl (C=O) groups excluding carboxylic acids is 1. The van der Waals surface area contributed by atoms with E-state index >= 15 is 0 Å². The van der Waals surface area contributed by atoms with Gasteiger partial charge in [-0.05, 0) is 48.1 Å². The Morgan fingerprint density at radius 1 is 1.23 bits per heavy atom. The molecule has 6 nitrogen and oxygen atoms in total.